The van der Waals surface area contributed by atoms with Gasteiger partial charge in [0.15, 0.2) is 0 Å². The molecule has 2 nitrogen and oxygen atoms in total. The summed E-state index contributed by atoms with van der Waals surface area (Å²) in [6.45, 7) is 0. The van der Waals surface area contributed by atoms with E-state index in [1.54, 1.807) is 0 Å². The van der Waals surface area contributed by atoms with Crippen molar-refractivity contribution in [1.29, 1.82) is 0 Å². The fraction of sp³-hybridized carbons (Fsp3) is 0. The number of nitrogens with zero attached hydrogens (tertiary/aromatic N) is 2. The average molecular weight is 505 g/mol. The Morgan fingerprint density at radius 3 is 1.61 bits per heavy atom. The number of pyridine rings is 1. The van der Waals surface area contributed by atoms with Gasteiger partial charge in [-0.1, -0.05) is 91.0 Å². The average Bonchev–Trinajstić information content (AvgIpc) is 3.38. The van der Waals surface area contributed by atoms with Crippen molar-refractivity contribution in [3.05, 3.63) is 146 Å². The van der Waals surface area contributed by atoms with Gasteiger partial charge in [0.2, 0.25) is 0 Å². The standard InChI is InChI=1S/C35H24N2S/c1-3-8-25(9-4-1)27-14-18-29(19-15-27)37(30-20-16-28(17-21-30)26-10-5-2-6-11-26)32-12-7-13-34-35(32)31-24-36-23-22-33(31)38-34/h1-24H. The van der Waals surface area contributed by atoms with Gasteiger partial charge < -0.3 is 4.90 Å². The molecule has 0 amide bonds. The third kappa shape index (κ3) is 4.03. The van der Waals surface area contributed by atoms with Crippen LogP contribution in [0.5, 0.6) is 0 Å². The van der Waals surface area contributed by atoms with Crippen molar-refractivity contribution >= 4 is 48.6 Å². The van der Waals surface area contributed by atoms with E-state index in [-0.39, 0.29) is 0 Å². The van der Waals surface area contributed by atoms with E-state index in [0.29, 0.717) is 0 Å². The third-order valence-corrected chi connectivity index (χ3v) is 8.12. The van der Waals surface area contributed by atoms with Gasteiger partial charge in [0.1, 0.15) is 0 Å². The number of anilines is 3. The summed E-state index contributed by atoms with van der Waals surface area (Å²) < 4.78 is 2.51. The van der Waals surface area contributed by atoms with Gasteiger partial charge in [0.25, 0.3) is 0 Å². The molecule has 0 spiro atoms. The molecule has 7 aromatic rings. The SMILES string of the molecule is c1ccc(-c2ccc(N(c3ccc(-c4ccccc4)cc3)c3cccc4sc5ccncc5c34)cc2)cc1. The largest absolute Gasteiger partial charge is 0.310 e. The monoisotopic (exact) mass is 504 g/mol. The lowest BCUT2D eigenvalue weighted by Gasteiger charge is -2.27. The minimum atomic E-state index is 1.12. The van der Waals surface area contributed by atoms with Crippen molar-refractivity contribution in [2.24, 2.45) is 0 Å². The first-order valence-corrected chi connectivity index (χ1v) is 13.5. The van der Waals surface area contributed by atoms with E-state index in [0.717, 1.165) is 17.1 Å². The number of benzene rings is 5. The third-order valence-electron chi connectivity index (χ3n) is 6.98. The predicted octanol–water partition coefficient (Wildman–Crippen LogP) is 10.3. The molecule has 180 valence electrons. The Morgan fingerprint density at radius 2 is 1.03 bits per heavy atom. The van der Waals surface area contributed by atoms with Gasteiger partial charge in [-0.3, -0.25) is 4.98 Å². The summed E-state index contributed by atoms with van der Waals surface area (Å²) in [7, 11) is 0. The van der Waals surface area contributed by atoms with Crippen LogP contribution >= 0.6 is 11.3 Å². The summed E-state index contributed by atoms with van der Waals surface area (Å²) in [5.41, 5.74) is 8.24. The maximum absolute atomic E-state index is 4.46. The van der Waals surface area contributed by atoms with E-state index in [1.165, 1.54) is 42.4 Å². The van der Waals surface area contributed by atoms with Crippen LogP contribution in [-0.4, -0.2) is 4.98 Å². The summed E-state index contributed by atoms with van der Waals surface area (Å²) in [6, 6.07) is 47.5. The lowest BCUT2D eigenvalue weighted by atomic mass is 10.0. The molecule has 0 aliphatic heterocycles. The first kappa shape index (κ1) is 22.5. The molecule has 0 unspecified atom stereocenters. The van der Waals surface area contributed by atoms with Gasteiger partial charge in [0, 0.05) is 43.9 Å². The molecule has 0 bridgehead atoms. The molecule has 0 radical (unpaired) electrons. The number of hydrogen-bond donors (Lipinski definition) is 0. The summed E-state index contributed by atoms with van der Waals surface area (Å²) in [6.07, 6.45) is 3.87. The fourth-order valence-electron chi connectivity index (χ4n) is 5.13. The van der Waals surface area contributed by atoms with Crippen molar-refractivity contribution in [2.45, 2.75) is 0 Å². The lowest BCUT2D eigenvalue weighted by Crippen LogP contribution is -2.10. The van der Waals surface area contributed by atoms with Gasteiger partial charge in [-0.05, 0) is 64.7 Å². The summed E-state index contributed by atoms with van der Waals surface area (Å²) in [4.78, 5) is 6.83. The zero-order chi connectivity index (χ0) is 25.3. The van der Waals surface area contributed by atoms with Crippen LogP contribution in [0.4, 0.5) is 17.1 Å². The maximum atomic E-state index is 4.46. The zero-order valence-electron chi connectivity index (χ0n) is 20.7. The Morgan fingerprint density at radius 1 is 0.474 bits per heavy atom. The minimum absolute atomic E-state index is 1.12. The molecule has 2 aromatic heterocycles. The van der Waals surface area contributed by atoms with Crippen LogP contribution in [0.3, 0.4) is 0 Å². The Bertz CT molecular complexity index is 1760. The maximum Gasteiger partial charge on any atom is 0.0555 e. The number of aromatic nitrogens is 1. The van der Waals surface area contributed by atoms with E-state index in [2.05, 4.69) is 143 Å². The zero-order valence-corrected chi connectivity index (χ0v) is 21.5. The minimum Gasteiger partial charge on any atom is -0.310 e. The van der Waals surface area contributed by atoms with E-state index < -0.39 is 0 Å². The van der Waals surface area contributed by atoms with Crippen LogP contribution in [0.2, 0.25) is 0 Å². The molecular weight excluding hydrogens is 480 g/mol. The Kier molecular flexibility index (Phi) is 5.69. The van der Waals surface area contributed by atoms with Gasteiger partial charge in [-0.2, -0.15) is 0 Å². The summed E-state index contributed by atoms with van der Waals surface area (Å²) >= 11 is 1.82. The van der Waals surface area contributed by atoms with Crippen LogP contribution in [0.25, 0.3) is 42.4 Å². The highest BCUT2D eigenvalue weighted by molar-refractivity contribution is 7.25. The lowest BCUT2D eigenvalue weighted by molar-refractivity contribution is 1.30. The predicted molar refractivity (Wildman–Crippen MR) is 163 cm³/mol. The second-order valence-electron chi connectivity index (χ2n) is 9.29. The van der Waals surface area contributed by atoms with Crippen molar-refractivity contribution < 1.29 is 0 Å². The molecule has 0 aliphatic rings. The summed E-state index contributed by atoms with van der Waals surface area (Å²) in [5, 5.41) is 2.43. The van der Waals surface area contributed by atoms with Crippen LogP contribution in [0, 0.1) is 0 Å². The van der Waals surface area contributed by atoms with Crippen molar-refractivity contribution in [3.8, 4) is 22.3 Å². The number of hydrogen-bond acceptors (Lipinski definition) is 3. The highest BCUT2D eigenvalue weighted by atomic mass is 32.1. The quantitative estimate of drug-likeness (QED) is 0.232. The molecule has 0 fully saturated rings. The molecule has 0 saturated carbocycles. The fourth-order valence-corrected chi connectivity index (χ4v) is 6.23. The first-order valence-electron chi connectivity index (χ1n) is 12.7. The second kappa shape index (κ2) is 9.62. The Hall–Kier alpha value is -4.73. The van der Waals surface area contributed by atoms with Crippen molar-refractivity contribution in [2.75, 3.05) is 4.90 Å². The van der Waals surface area contributed by atoms with Crippen LogP contribution in [0.1, 0.15) is 0 Å². The van der Waals surface area contributed by atoms with Crippen LogP contribution in [0.15, 0.2) is 146 Å². The molecule has 0 aliphatic carbocycles. The molecule has 7 rings (SSSR count). The second-order valence-corrected chi connectivity index (χ2v) is 10.4. The molecule has 3 heteroatoms. The number of thiophene rings is 1. The molecular formula is C35H24N2S. The molecule has 0 atom stereocenters. The van der Waals surface area contributed by atoms with E-state index >= 15 is 0 Å². The Balaban J connectivity index is 1.40. The van der Waals surface area contributed by atoms with Gasteiger partial charge in [-0.25, -0.2) is 0 Å². The van der Waals surface area contributed by atoms with E-state index in [1.807, 2.05) is 23.7 Å². The normalized spacial score (nSPS) is 11.2. The summed E-state index contributed by atoms with van der Waals surface area (Å²) in [5.74, 6) is 0. The van der Waals surface area contributed by atoms with E-state index in [4.69, 9.17) is 0 Å². The smallest absolute Gasteiger partial charge is 0.0555 e. The molecule has 2 heterocycles. The van der Waals surface area contributed by atoms with Gasteiger partial charge >= 0.3 is 0 Å². The van der Waals surface area contributed by atoms with E-state index in [9.17, 15) is 0 Å². The van der Waals surface area contributed by atoms with Crippen LogP contribution < -0.4 is 4.90 Å². The topological polar surface area (TPSA) is 16.1 Å². The highest BCUT2D eigenvalue weighted by Gasteiger charge is 2.18. The molecule has 5 aromatic carbocycles. The number of fused-ring (bicyclic) bond motifs is 3. The van der Waals surface area contributed by atoms with Gasteiger partial charge in [-0.15, -0.1) is 11.3 Å². The van der Waals surface area contributed by atoms with Crippen molar-refractivity contribution in [1.82, 2.24) is 4.98 Å². The molecule has 38 heavy (non-hydrogen) atoms. The Labute approximate surface area is 226 Å². The molecule has 0 saturated heterocycles. The van der Waals surface area contributed by atoms with Crippen LogP contribution in [-0.2, 0) is 0 Å². The number of rotatable bonds is 5. The van der Waals surface area contributed by atoms with Crippen molar-refractivity contribution in [3.63, 3.8) is 0 Å². The molecule has 0 N–H and O–H groups in total. The van der Waals surface area contributed by atoms with Gasteiger partial charge in [0.05, 0.1) is 5.69 Å². The highest BCUT2D eigenvalue weighted by Crippen LogP contribution is 2.45. The first-order chi connectivity index (χ1) is 18.8.